The van der Waals surface area contributed by atoms with Crippen molar-refractivity contribution in [2.75, 3.05) is 6.54 Å². The van der Waals surface area contributed by atoms with E-state index in [4.69, 9.17) is 0 Å². The van der Waals surface area contributed by atoms with Crippen molar-refractivity contribution in [1.29, 1.82) is 0 Å². The predicted molar refractivity (Wildman–Crippen MR) is 66.4 cm³/mol. The van der Waals surface area contributed by atoms with Crippen molar-refractivity contribution in [3.63, 3.8) is 0 Å². The smallest absolute Gasteiger partial charge is 0.223 e. The Morgan fingerprint density at radius 3 is 2.94 bits per heavy atom. The Morgan fingerprint density at radius 2 is 2.41 bits per heavy atom. The van der Waals surface area contributed by atoms with Crippen LogP contribution < -0.4 is 5.32 Å². The number of carbonyl (C=O) groups is 1. The van der Waals surface area contributed by atoms with Gasteiger partial charge < -0.3 is 9.88 Å². The van der Waals surface area contributed by atoms with Gasteiger partial charge in [0.1, 0.15) is 5.82 Å². The van der Waals surface area contributed by atoms with Crippen LogP contribution in [0.3, 0.4) is 0 Å². The van der Waals surface area contributed by atoms with E-state index in [0.29, 0.717) is 11.8 Å². The van der Waals surface area contributed by atoms with Gasteiger partial charge in [0, 0.05) is 31.4 Å². The van der Waals surface area contributed by atoms with Crippen LogP contribution in [0, 0.1) is 24.7 Å². The van der Waals surface area contributed by atoms with E-state index < -0.39 is 0 Å². The number of nitrogens with one attached hydrogen (secondary N) is 1. The Balaban J connectivity index is 1.72. The van der Waals surface area contributed by atoms with Crippen molar-refractivity contribution in [3.8, 4) is 0 Å². The highest BCUT2D eigenvalue weighted by atomic mass is 16.2. The van der Waals surface area contributed by atoms with E-state index in [1.54, 1.807) is 0 Å². The third-order valence-electron chi connectivity index (χ3n) is 3.50. The highest BCUT2D eigenvalue weighted by Crippen LogP contribution is 2.37. The van der Waals surface area contributed by atoms with Crippen molar-refractivity contribution in [2.45, 2.75) is 33.7 Å². The Morgan fingerprint density at radius 1 is 1.71 bits per heavy atom. The molecule has 1 aromatic rings. The average molecular weight is 235 g/mol. The third-order valence-corrected chi connectivity index (χ3v) is 3.50. The summed E-state index contributed by atoms with van der Waals surface area (Å²) in [6.45, 7) is 7.93. The number of amides is 1. The van der Waals surface area contributed by atoms with E-state index in [-0.39, 0.29) is 11.8 Å². The molecule has 1 aromatic heterocycles. The number of hydrogen-bond donors (Lipinski definition) is 1. The van der Waals surface area contributed by atoms with E-state index in [0.717, 1.165) is 25.3 Å². The fourth-order valence-electron chi connectivity index (χ4n) is 2.09. The van der Waals surface area contributed by atoms with Crippen molar-refractivity contribution >= 4 is 5.91 Å². The van der Waals surface area contributed by atoms with Gasteiger partial charge in [0.25, 0.3) is 0 Å². The first-order valence-corrected chi connectivity index (χ1v) is 6.33. The summed E-state index contributed by atoms with van der Waals surface area (Å²) in [4.78, 5) is 15.8. The lowest BCUT2D eigenvalue weighted by atomic mass is 10.1. The van der Waals surface area contributed by atoms with E-state index in [2.05, 4.69) is 28.7 Å². The topological polar surface area (TPSA) is 46.9 Å². The zero-order chi connectivity index (χ0) is 12.4. The molecule has 94 valence electrons. The minimum atomic E-state index is 0.228. The molecule has 0 aliphatic heterocycles. The zero-order valence-corrected chi connectivity index (χ0v) is 10.8. The van der Waals surface area contributed by atoms with Gasteiger partial charge in [-0.2, -0.15) is 0 Å². The highest BCUT2D eigenvalue weighted by molar-refractivity contribution is 5.81. The van der Waals surface area contributed by atoms with Gasteiger partial charge in [-0.25, -0.2) is 4.98 Å². The second-order valence-corrected chi connectivity index (χ2v) is 5.30. The van der Waals surface area contributed by atoms with Gasteiger partial charge in [-0.15, -0.1) is 0 Å². The molecule has 0 bridgehead atoms. The first-order chi connectivity index (χ1) is 8.08. The Labute approximate surface area is 102 Å². The molecule has 4 nitrogen and oxygen atoms in total. The lowest BCUT2D eigenvalue weighted by Gasteiger charge is -2.14. The number of hydrogen-bond acceptors (Lipinski definition) is 2. The highest BCUT2D eigenvalue weighted by Gasteiger charge is 2.38. The maximum Gasteiger partial charge on any atom is 0.223 e. The van der Waals surface area contributed by atoms with Crippen LogP contribution in [-0.2, 0) is 11.3 Å². The maximum atomic E-state index is 11.7. The van der Waals surface area contributed by atoms with Crippen molar-refractivity contribution < 1.29 is 4.79 Å². The second-order valence-electron chi connectivity index (χ2n) is 5.30. The van der Waals surface area contributed by atoms with Crippen LogP contribution >= 0.6 is 0 Å². The van der Waals surface area contributed by atoms with Crippen LogP contribution in [0.25, 0.3) is 0 Å². The summed E-state index contributed by atoms with van der Waals surface area (Å²) >= 11 is 0. The molecule has 0 aromatic carbocycles. The van der Waals surface area contributed by atoms with Gasteiger partial charge >= 0.3 is 0 Å². The largest absolute Gasteiger partial charge is 0.356 e. The maximum absolute atomic E-state index is 11.7. The number of carbonyl (C=O) groups excluding carboxylic acids is 1. The predicted octanol–water partition coefficient (Wildman–Crippen LogP) is 1.60. The van der Waals surface area contributed by atoms with E-state index in [1.165, 1.54) is 0 Å². The zero-order valence-electron chi connectivity index (χ0n) is 10.8. The molecular weight excluding hydrogens is 214 g/mol. The molecule has 1 saturated carbocycles. The number of rotatable bonds is 5. The molecule has 0 unspecified atom stereocenters. The van der Waals surface area contributed by atoms with E-state index >= 15 is 0 Å². The quantitative estimate of drug-likeness (QED) is 0.842. The summed E-state index contributed by atoms with van der Waals surface area (Å²) < 4.78 is 2.12. The van der Waals surface area contributed by atoms with Crippen LogP contribution in [0.5, 0.6) is 0 Å². The summed E-state index contributed by atoms with van der Waals surface area (Å²) in [5, 5.41) is 3.03. The fraction of sp³-hybridized carbons (Fsp3) is 0.692. The van der Waals surface area contributed by atoms with Crippen LogP contribution in [0.4, 0.5) is 0 Å². The molecule has 0 spiro atoms. The Bertz CT molecular complexity index is 399. The van der Waals surface area contributed by atoms with Crippen molar-refractivity contribution in [1.82, 2.24) is 14.9 Å². The molecule has 0 saturated heterocycles. The number of nitrogens with zero attached hydrogens (tertiary/aromatic N) is 2. The van der Waals surface area contributed by atoms with Crippen molar-refractivity contribution in [3.05, 3.63) is 18.2 Å². The standard InChI is InChI=1S/C13H21N3O/c1-9(8-16-5-4-14-11(16)3)7-15-13(17)12-6-10(12)2/h4-5,9-10,12H,6-8H2,1-3H3,(H,15,17)/t9-,10-,12-/m1/s1. The van der Waals surface area contributed by atoms with Gasteiger partial charge in [-0.1, -0.05) is 13.8 Å². The number of aromatic nitrogens is 2. The molecule has 2 rings (SSSR count). The Kier molecular flexibility index (Phi) is 3.50. The normalized spacial score (nSPS) is 24.4. The number of aryl methyl sites for hydroxylation is 1. The van der Waals surface area contributed by atoms with Crippen LogP contribution in [0.1, 0.15) is 26.1 Å². The lowest BCUT2D eigenvalue weighted by Crippen LogP contribution is -2.31. The molecule has 4 heteroatoms. The first kappa shape index (κ1) is 12.1. The lowest BCUT2D eigenvalue weighted by molar-refractivity contribution is -0.122. The molecule has 1 aliphatic carbocycles. The molecular formula is C13H21N3O. The summed E-state index contributed by atoms with van der Waals surface area (Å²) in [6, 6.07) is 0. The van der Waals surface area contributed by atoms with Gasteiger partial charge in [-0.05, 0) is 25.2 Å². The van der Waals surface area contributed by atoms with Crippen LogP contribution in [0.15, 0.2) is 12.4 Å². The van der Waals surface area contributed by atoms with Gasteiger partial charge in [0.05, 0.1) is 0 Å². The van der Waals surface area contributed by atoms with Crippen molar-refractivity contribution in [2.24, 2.45) is 17.8 Å². The van der Waals surface area contributed by atoms with Gasteiger partial charge in [0.15, 0.2) is 0 Å². The second kappa shape index (κ2) is 4.90. The molecule has 1 fully saturated rings. The van der Waals surface area contributed by atoms with E-state index in [9.17, 15) is 4.79 Å². The molecule has 1 amide bonds. The molecule has 1 aliphatic rings. The molecule has 3 atom stereocenters. The minimum Gasteiger partial charge on any atom is -0.356 e. The third kappa shape index (κ3) is 3.08. The van der Waals surface area contributed by atoms with E-state index in [1.807, 2.05) is 19.3 Å². The molecule has 17 heavy (non-hydrogen) atoms. The summed E-state index contributed by atoms with van der Waals surface area (Å²) in [5.41, 5.74) is 0. The monoisotopic (exact) mass is 235 g/mol. The van der Waals surface area contributed by atoms with Gasteiger partial charge in [0.2, 0.25) is 5.91 Å². The molecule has 1 heterocycles. The average Bonchev–Trinajstić information content (AvgIpc) is 2.89. The Hall–Kier alpha value is -1.32. The SMILES string of the molecule is Cc1nccn1C[C@H](C)CNC(=O)[C@@H]1C[C@H]1C. The number of imidazole rings is 1. The summed E-state index contributed by atoms with van der Waals surface area (Å²) in [6.07, 6.45) is 4.85. The fourth-order valence-corrected chi connectivity index (χ4v) is 2.09. The van der Waals surface area contributed by atoms with Crippen LogP contribution in [0.2, 0.25) is 0 Å². The molecule has 0 radical (unpaired) electrons. The van der Waals surface area contributed by atoms with Gasteiger partial charge in [-0.3, -0.25) is 4.79 Å². The first-order valence-electron chi connectivity index (χ1n) is 6.33. The molecule has 1 N–H and O–H groups in total. The summed E-state index contributed by atoms with van der Waals surface area (Å²) in [5.74, 6) is 2.55. The van der Waals surface area contributed by atoms with Crippen LogP contribution in [-0.4, -0.2) is 22.0 Å². The summed E-state index contributed by atoms with van der Waals surface area (Å²) in [7, 11) is 0. The minimum absolute atomic E-state index is 0.228.